The predicted octanol–water partition coefficient (Wildman–Crippen LogP) is 1.61. The first-order chi connectivity index (χ1) is 11.7. The molecule has 1 aromatic carbocycles. The number of rotatable bonds is 6. The maximum Gasteiger partial charge on any atom is 0.225 e. The Morgan fingerprint density at radius 1 is 1.40 bits per heavy atom. The zero-order valence-corrected chi connectivity index (χ0v) is 15.4. The summed E-state index contributed by atoms with van der Waals surface area (Å²) < 4.78 is 6.93. The van der Waals surface area contributed by atoms with Crippen LogP contribution in [0.15, 0.2) is 36.7 Å². The smallest absolute Gasteiger partial charge is 0.225 e. The molecule has 0 bridgehead atoms. The van der Waals surface area contributed by atoms with E-state index in [9.17, 15) is 4.79 Å². The third-order valence-corrected chi connectivity index (χ3v) is 4.47. The molecule has 7 heteroatoms. The first kappa shape index (κ1) is 19.4. The fourth-order valence-corrected chi connectivity index (χ4v) is 3.25. The maximum absolute atomic E-state index is 12.6. The van der Waals surface area contributed by atoms with Crippen molar-refractivity contribution in [3.05, 3.63) is 53.3 Å². The SMILES string of the molecule is COCc1cccc(CNC(=O)[C@H]2CNC[C@@H]2c2cnn(C)c2)c1.Cl. The third kappa shape index (κ3) is 4.81. The first-order valence-electron chi connectivity index (χ1n) is 8.21. The van der Waals surface area contributed by atoms with E-state index in [0.29, 0.717) is 19.7 Å². The summed E-state index contributed by atoms with van der Waals surface area (Å²) in [5.41, 5.74) is 3.31. The summed E-state index contributed by atoms with van der Waals surface area (Å²) in [5, 5.41) is 10.6. The molecule has 1 aliphatic rings. The number of hydrogen-bond donors (Lipinski definition) is 2. The Hall–Kier alpha value is -1.89. The van der Waals surface area contributed by atoms with E-state index < -0.39 is 0 Å². The molecule has 0 aliphatic carbocycles. The Labute approximate surface area is 154 Å². The van der Waals surface area contributed by atoms with Gasteiger partial charge in [-0.05, 0) is 16.7 Å². The van der Waals surface area contributed by atoms with Crippen LogP contribution in [0.5, 0.6) is 0 Å². The quantitative estimate of drug-likeness (QED) is 0.817. The Morgan fingerprint density at radius 3 is 2.92 bits per heavy atom. The summed E-state index contributed by atoms with van der Waals surface area (Å²) in [6, 6.07) is 8.10. The molecule has 2 N–H and O–H groups in total. The van der Waals surface area contributed by atoms with Crippen LogP contribution in [0.25, 0.3) is 0 Å². The normalized spacial score (nSPS) is 19.4. The van der Waals surface area contributed by atoms with Crippen molar-refractivity contribution in [3.63, 3.8) is 0 Å². The van der Waals surface area contributed by atoms with Crippen molar-refractivity contribution in [2.45, 2.75) is 19.1 Å². The molecule has 1 aliphatic heterocycles. The van der Waals surface area contributed by atoms with Crippen LogP contribution in [0.2, 0.25) is 0 Å². The number of nitrogens with zero attached hydrogens (tertiary/aromatic N) is 2. The first-order valence-corrected chi connectivity index (χ1v) is 8.21. The van der Waals surface area contributed by atoms with Gasteiger partial charge in [0.25, 0.3) is 0 Å². The Kier molecular flexibility index (Phi) is 6.99. The van der Waals surface area contributed by atoms with Gasteiger partial charge in [-0.1, -0.05) is 24.3 Å². The van der Waals surface area contributed by atoms with Gasteiger partial charge in [-0.3, -0.25) is 9.48 Å². The van der Waals surface area contributed by atoms with Crippen molar-refractivity contribution in [2.75, 3.05) is 20.2 Å². The number of nitrogens with one attached hydrogen (secondary N) is 2. The molecule has 6 nitrogen and oxygen atoms in total. The maximum atomic E-state index is 12.6. The van der Waals surface area contributed by atoms with Gasteiger partial charge in [0.05, 0.1) is 18.7 Å². The predicted molar refractivity (Wildman–Crippen MR) is 98.6 cm³/mol. The highest BCUT2D eigenvalue weighted by molar-refractivity contribution is 5.85. The van der Waals surface area contributed by atoms with E-state index in [0.717, 1.165) is 23.2 Å². The fourth-order valence-electron chi connectivity index (χ4n) is 3.25. The van der Waals surface area contributed by atoms with Gasteiger partial charge in [-0.15, -0.1) is 12.4 Å². The van der Waals surface area contributed by atoms with Gasteiger partial charge in [0, 0.05) is 45.9 Å². The highest BCUT2D eigenvalue weighted by Gasteiger charge is 2.34. The van der Waals surface area contributed by atoms with Crippen molar-refractivity contribution < 1.29 is 9.53 Å². The lowest BCUT2D eigenvalue weighted by Gasteiger charge is -2.17. The summed E-state index contributed by atoms with van der Waals surface area (Å²) in [7, 11) is 3.58. The lowest BCUT2D eigenvalue weighted by molar-refractivity contribution is -0.125. The van der Waals surface area contributed by atoms with Gasteiger partial charge in [0.1, 0.15) is 0 Å². The molecule has 0 saturated carbocycles. The van der Waals surface area contributed by atoms with Crippen LogP contribution in [0.4, 0.5) is 0 Å². The van der Waals surface area contributed by atoms with E-state index in [2.05, 4.69) is 21.8 Å². The van der Waals surface area contributed by atoms with Gasteiger partial charge in [0.2, 0.25) is 5.91 Å². The van der Waals surface area contributed by atoms with Crippen LogP contribution < -0.4 is 10.6 Å². The van der Waals surface area contributed by atoms with E-state index in [-0.39, 0.29) is 30.2 Å². The summed E-state index contributed by atoms with van der Waals surface area (Å²) in [6.45, 7) is 2.63. The van der Waals surface area contributed by atoms with Crippen LogP contribution in [0.1, 0.15) is 22.6 Å². The minimum absolute atomic E-state index is 0. The molecule has 2 heterocycles. The van der Waals surface area contributed by atoms with Crippen LogP contribution in [-0.4, -0.2) is 35.9 Å². The summed E-state index contributed by atoms with van der Waals surface area (Å²) >= 11 is 0. The molecule has 0 unspecified atom stereocenters. The Morgan fingerprint density at radius 2 is 2.20 bits per heavy atom. The van der Waals surface area contributed by atoms with E-state index in [1.807, 2.05) is 37.6 Å². The monoisotopic (exact) mass is 364 g/mol. The Balaban J connectivity index is 0.00000225. The second-order valence-electron chi connectivity index (χ2n) is 6.29. The fraction of sp³-hybridized carbons (Fsp3) is 0.444. The van der Waals surface area contributed by atoms with Crippen molar-refractivity contribution in [2.24, 2.45) is 13.0 Å². The second-order valence-corrected chi connectivity index (χ2v) is 6.29. The van der Waals surface area contributed by atoms with Crippen LogP contribution >= 0.6 is 12.4 Å². The number of ether oxygens (including phenoxy) is 1. The topological polar surface area (TPSA) is 68.2 Å². The summed E-state index contributed by atoms with van der Waals surface area (Å²) in [6.07, 6.45) is 3.85. The minimum Gasteiger partial charge on any atom is -0.380 e. The van der Waals surface area contributed by atoms with Gasteiger partial charge in [-0.25, -0.2) is 0 Å². The molecular formula is C18H25ClN4O2. The number of carbonyl (C=O) groups excluding carboxylic acids is 1. The lowest BCUT2D eigenvalue weighted by Crippen LogP contribution is -2.34. The summed E-state index contributed by atoms with van der Waals surface area (Å²) in [4.78, 5) is 12.6. The number of aryl methyl sites for hydroxylation is 1. The van der Waals surface area contributed by atoms with Crippen molar-refractivity contribution in [1.82, 2.24) is 20.4 Å². The average Bonchev–Trinajstić information content (AvgIpc) is 3.22. The number of benzene rings is 1. The molecule has 1 amide bonds. The average molecular weight is 365 g/mol. The highest BCUT2D eigenvalue weighted by Crippen LogP contribution is 2.27. The molecule has 3 rings (SSSR count). The van der Waals surface area contributed by atoms with E-state index in [1.54, 1.807) is 11.8 Å². The van der Waals surface area contributed by atoms with Crippen molar-refractivity contribution in [3.8, 4) is 0 Å². The standard InChI is InChI=1S/C18H24N4O2.ClH/c1-22-11-15(8-21-22)16-9-19-10-17(16)18(23)20-7-13-4-3-5-14(6-13)12-24-2;/h3-6,8,11,16-17,19H,7,9-10,12H2,1-2H3,(H,20,23);1H/t16-,17+;/m1./s1. The van der Waals surface area contributed by atoms with Gasteiger partial charge >= 0.3 is 0 Å². The third-order valence-electron chi connectivity index (χ3n) is 4.47. The summed E-state index contributed by atoms with van der Waals surface area (Å²) in [5.74, 6) is 0.209. The van der Waals surface area contributed by atoms with Crippen molar-refractivity contribution >= 4 is 18.3 Å². The lowest BCUT2D eigenvalue weighted by atomic mass is 9.90. The number of amides is 1. The molecule has 25 heavy (non-hydrogen) atoms. The van der Waals surface area contributed by atoms with Gasteiger partial charge in [0.15, 0.2) is 0 Å². The number of hydrogen-bond acceptors (Lipinski definition) is 4. The zero-order chi connectivity index (χ0) is 16.9. The zero-order valence-electron chi connectivity index (χ0n) is 14.6. The molecule has 136 valence electrons. The minimum atomic E-state index is -0.0589. The van der Waals surface area contributed by atoms with Crippen LogP contribution in [0, 0.1) is 5.92 Å². The number of aromatic nitrogens is 2. The van der Waals surface area contributed by atoms with Crippen molar-refractivity contribution in [1.29, 1.82) is 0 Å². The largest absolute Gasteiger partial charge is 0.380 e. The number of carbonyl (C=O) groups is 1. The number of halogens is 1. The van der Waals surface area contributed by atoms with Crippen LogP contribution in [0.3, 0.4) is 0 Å². The molecule has 2 aromatic rings. The molecule has 1 saturated heterocycles. The van der Waals surface area contributed by atoms with Crippen LogP contribution in [-0.2, 0) is 29.7 Å². The van der Waals surface area contributed by atoms with Gasteiger partial charge < -0.3 is 15.4 Å². The molecule has 1 fully saturated rings. The molecule has 0 radical (unpaired) electrons. The van der Waals surface area contributed by atoms with E-state index in [1.165, 1.54) is 0 Å². The molecule has 0 spiro atoms. The van der Waals surface area contributed by atoms with Gasteiger partial charge in [-0.2, -0.15) is 5.10 Å². The second kappa shape index (κ2) is 8.99. The number of methoxy groups -OCH3 is 1. The molecular weight excluding hydrogens is 340 g/mol. The van der Waals surface area contributed by atoms with E-state index in [4.69, 9.17) is 4.74 Å². The van der Waals surface area contributed by atoms with E-state index >= 15 is 0 Å². The molecule has 2 atom stereocenters. The highest BCUT2D eigenvalue weighted by atomic mass is 35.5. The molecule has 1 aromatic heterocycles. The Bertz CT molecular complexity index is 704.